The molecule has 0 fully saturated rings. The summed E-state index contributed by atoms with van der Waals surface area (Å²) in [6, 6.07) is 0. The van der Waals surface area contributed by atoms with Gasteiger partial charge in [-0.1, -0.05) is 27.7 Å². The number of carbonyl (C=O) groups excluding carboxylic acids is 1. The van der Waals surface area contributed by atoms with Gasteiger partial charge >= 0.3 is 0 Å². The third-order valence-electron chi connectivity index (χ3n) is 2.64. The second-order valence-electron chi connectivity index (χ2n) is 4.36. The van der Waals surface area contributed by atoms with E-state index in [-0.39, 0.29) is 11.8 Å². The number of halogens is 1. The number of rotatable bonds is 6. The first-order valence-electron chi connectivity index (χ1n) is 5.32. The first-order chi connectivity index (χ1) is 6.49. The fraction of sp³-hybridized carbons (Fsp3) is 0.909. The first-order valence-corrected chi connectivity index (χ1v) is 5.86. The number of amides is 1. The first kappa shape index (κ1) is 13.8. The quantitative estimate of drug-likeness (QED) is 0.684. The molecule has 0 rings (SSSR count). The van der Waals surface area contributed by atoms with E-state index in [1.807, 2.05) is 6.92 Å². The summed E-state index contributed by atoms with van der Waals surface area (Å²) >= 11 is 5.61. The highest BCUT2D eigenvalue weighted by Gasteiger charge is 2.16. The topological polar surface area (TPSA) is 29.1 Å². The van der Waals surface area contributed by atoms with Crippen LogP contribution in [0.5, 0.6) is 0 Å². The average Bonchev–Trinajstić information content (AvgIpc) is 2.13. The lowest BCUT2D eigenvalue weighted by molar-refractivity contribution is -0.125. The molecule has 14 heavy (non-hydrogen) atoms. The van der Waals surface area contributed by atoms with Gasteiger partial charge in [-0.2, -0.15) is 0 Å². The summed E-state index contributed by atoms with van der Waals surface area (Å²) in [5.41, 5.74) is 0. The van der Waals surface area contributed by atoms with E-state index in [0.717, 1.165) is 13.0 Å². The Morgan fingerprint density at radius 1 is 1.29 bits per heavy atom. The molecule has 0 aromatic carbocycles. The van der Waals surface area contributed by atoms with Crippen LogP contribution in [-0.4, -0.2) is 18.3 Å². The number of hydrogen-bond acceptors (Lipinski definition) is 1. The molecule has 2 nitrogen and oxygen atoms in total. The number of carbonyl (C=O) groups is 1. The zero-order valence-electron chi connectivity index (χ0n) is 9.64. The average molecular weight is 220 g/mol. The van der Waals surface area contributed by atoms with Crippen LogP contribution < -0.4 is 5.32 Å². The summed E-state index contributed by atoms with van der Waals surface area (Å²) in [5, 5.41) is 2.95. The molecule has 84 valence electrons. The molecule has 0 radical (unpaired) electrons. The molecule has 0 saturated heterocycles. The molecule has 1 amide bonds. The summed E-state index contributed by atoms with van der Waals surface area (Å²) in [5.74, 6) is 1.78. The van der Waals surface area contributed by atoms with Crippen molar-refractivity contribution >= 4 is 17.5 Å². The van der Waals surface area contributed by atoms with Crippen LogP contribution in [0.4, 0.5) is 0 Å². The van der Waals surface area contributed by atoms with Gasteiger partial charge in [-0.3, -0.25) is 4.79 Å². The maximum absolute atomic E-state index is 11.5. The Bertz CT molecular complexity index is 171. The molecule has 2 atom stereocenters. The van der Waals surface area contributed by atoms with Gasteiger partial charge in [0.1, 0.15) is 0 Å². The second kappa shape index (κ2) is 7.10. The summed E-state index contributed by atoms with van der Waals surface area (Å²) in [6.07, 6.45) is 0.956. The molecule has 0 aromatic heterocycles. The van der Waals surface area contributed by atoms with Crippen molar-refractivity contribution in [3.63, 3.8) is 0 Å². The van der Waals surface area contributed by atoms with Gasteiger partial charge in [-0.15, -0.1) is 11.6 Å². The van der Waals surface area contributed by atoms with Gasteiger partial charge in [0.25, 0.3) is 0 Å². The molecule has 1 N–H and O–H groups in total. The van der Waals surface area contributed by atoms with E-state index in [1.165, 1.54) is 0 Å². The molecular formula is C11H22ClNO. The van der Waals surface area contributed by atoms with E-state index in [0.29, 0.717) is 17.7 Å². The van der Waals surface area contributed by atoms with Gasteiger partial charge in [0.2, 0.25) is 5.91 Å². The van der Waals surface area contributed by atoms with Crippen molar-refractivity contribution in [3.05, 3.63) is 0 Å². The van der Waals surface area contributed by atoms with Crippen LogP contribution in [0.15, 0.2) is 0 Å². The van der Waals surface area contributed by atoms with Gasteiger partial charge < -0.3 is 5.32 Å². The van der Waals surface area contributed by atoms with E-state index >= 15 is 0 Å². The Labute approximate surface area is 92.4 Å². The molecule has 0 aliphatic carbocycles. The molecule has 0 saturated carbocycles. The summed E-state index contributed by atoms with van der Waals surface area (Å²) in [7, 11) is 0. The highest BCUT2D eigenvalue weighted by molar-refractivity contribution is 6.17. The SMILES string of the molecule is CC(CCCl)CNC(=O)C(C)C(C)C. The summed E-state index contributed by atoms with van der Waals surface area (Å²) in [4.78, 5) is 11.5. The van der Waals surface area contributed by atoms with Crippen LogP contribution in [0, 0.1) is 17.8 Å². The maximum atomic E-state index is 11.5. The van der Waals surface area contributed by atoms with E-state index < -0.39 is 0 Å². The van der Waals surface area contributed by atoms with E-state index in [9.17, 15) is 4.79 Å². The minimum atomic E-state index is 0.0956. The molecule has 0 heterocycles. The second-order valence-corrected chi connectivity index (χ2v) is 4.74. The highest BCUT2D eigenvalue weighted by Crippen LogP contribution is 2.09. The van der Waals surface area contributed by atoms with Gasteiger partial charge in [-0.05, 0) is 18.3 Å². The van der Waals surface area contributed by atoms with Crippen molar-refractivity contribution < 1.29 is 4.79 Å². The van der Waals surface area contributed by atoms with Gasteiger partial charge in [-0.25, -0.2) is 0 Å². The van der Waals surface area contributed by atoms with Crippen LogP contribution in [0.2, 0.25) is 0 Å². The Morgan fingerprint density at radius 2 is 1.86 bits per heavy atom. The largest absolute Gasteiger partial charge is 0.356 e. The standard InChI is InChI=1S/C11H22ClNO/c1-8(2)10(4)11(14)13-7-9(3)5-6-12/h8-10H,5-7H2,1-4H3,(H,13,14). The maximum Gasteiger partial charge on any atom is 0.223 e. The van der Waals surface area contributed by atoms with Crippen LogP contribution in [-0.2, 0) is 4.79 Å². The Kier molecular flexibility index (Phi) is 6.98. The lowest BCUT2D eigenvalue weighted by Gasteiger charge is -2.17. The van der Waals surface area contributed by atoms with E-state index in [1.54, 1.807) is 0 Å². The van der Waals surface area contributed by atoms with Gasteiger partial charge in [0, 0.05) is 18.3 Å². The van der Waals surface area contributed by atoms with Crippen LogP contribution in [0.1, 0.15) is 34.1 Å². The van der Waals surface area contributed by atoms with Crippen LogP contribution >= 0.6 is 11.6 Å². The zero-order chi connectivity index (χ0) is 11.1. The summed E-state index contributed by atoms with van der Waals surface area (Å²) in [6.45, 7) is 8.93. The molecule has 0 aliphatic rings. The third kappa shape index (κ3) is 5.48. The molecular weight excluding hydrogens is 198 g/mol. The lowest BCUT2D eigenvalue weighted by atomic mass is 9.97. The molecule has 0 aliphatic heterocycles. The van der Waals surface area contributed by atoms with Gasteiger partial charge in [0.15, 0.2) is 0 Å². The number of alkyl halides is 1. The number of nitrogens with one attached hydrogen (secondary N) is 1. The fourth-order valence-electron chi connectivity index (χ4n) is 1.03. The summed E-state index contributed by atoms with van der Waals surface area (Å²) < 4.78 is 0. The van der Waals surface area contributed by atoms with Crippen molar-refractivity contribution in [3.8, 4) is 0 Å². The van der Waals surface area contributed by atoms with Crippen molar-refractivity contribution in [2.75, 3.05) is 12.4 Å². The van der Waals surface area contributed by atoms with E-state index in [4.69, 9.17) is 11.6 Å². The van der Waals surface area contributed by atoms with Crippen molar-refractivity contribution in [2.24, 2.45) is 17.8 Å². The normalized spacial score (nSPS) is 15.3. The van der Waals surface area contributed by atoms with Crippen molar-refractivity contribution in [2.45, 2.75) is 34.1 Å². The van der Waals surface area contributed by atoms with Crippen molar-refractivity contribution in [1.82, 2.24) is 5.32 Å². The molecule has 0 aromatic rings. The minimum absolute atomic E-state index is 0.0956. The molecule has 3 heteroatoms. The highest BCUT2D eigenvalue weighted by atomic mass is 35.5. The Balaban J connectivity index is 3.73. The molecule has 0 spiro atoms. The predicted octanol–water partition coefficient (Wildman–Crippen LogP) is 2.66. The lowest BCUT2D eigenvalue weighted by Crippen LogP contribution is -2.34. The Hall–Kier alpha value is -0.240. The zero-order valence-corrected chi connectivity index (χ0v) is 10.4. The smallest absolute Gasteiger partial charge is 0.223 e. The fourth-order valence-corrected chi connectivity index (χ4v) is 1.40. The van der Waals surface area contributed by atoms with E-state index in [2.05, 4.69) is 26.1 Å². The third-order valence-corrected chi connectivity index (χ3v) is 2.86. The van der Waals surface area contributed by atoms with Gasteiger partial charge in [0.05, 0.1) is 0 Å². The monoisotopic (exact) mass is 219 g/mol. The Morgan fingerprint density at radius 3 is 2.29 bits per heavy atom. The van der Waals surface area contributed by atoms with Crippen LogP contribution in [0.3, 0.4) is 0 Å². The minimum Gasteiger partial charge on any atom is -0.356 e. The molecule has 0 bridgehead atoms. The predicted molar refractivity (Wildman–Crippen MR) is 61.5 cm³/mol. The molecule has 2 unspecified atom stereocenters. The van der Waals surface area contributed by atoms with Crippen molar-refractivity contribution in [1.29, 1.82) is 0 Å². The number of hydrogen-bond donors (Lipinski definition) is 1. The van der Waals surface area contributed by atoms with Crippen LogP contribution in [0.25, 0.3) is 0 Å².